The Balaban J connectivity index is 1.59. The lowest BCUT2D eigenvalue weighted by atomic mass is 9.94. The predicted molar refractivity (Wildman–Crippen MR) is 119 cm³/mol. The first-order chi connectivity index (χ1) is 14.5. The molecule has 6 rings (SSSR count). The van der Waals surface area contributed by atoms with Gasteiger partial charge in [-0.2, -0.15) is 0 Å². The molecule has 3 aliphatic rings. The van der Waals surface area contributed by atoms with Crippen LogP contribution >= 0.6 is 11.6 Å². The van der Waals surface area contributed by atoms with E-state index in [0.717, 1.165) is 39.7 Å². The van der Waals surface area contributed by atoms with Crippen LogP contribution in [0.1, 0.15) is 17.2 Å². The van der Waals surface area contributed by atoms with Crippen LogP contribution < -0.4 is 4.74 Å². The maximum absolute atomic E-state index is 16.1. The topological polar surface area (TPSA) is 9.23 Å². The zero-order chi connectivity index (χ0) is 20.8. The summed E-state index contributed by atoms with van der Waals surface area (Å²) in [5.74, 6) is 0.812. The monoisotopic (exact) mass is 426 g/mol. The first kappa shape index (κ1) is 19.8. The van der Waals surface area contributed by atoms with Crippen LogP contribution in [0.4, 0.5) is 4.48 Å². The van der Waals surface area contributed by atoms with Crippen molar-refractivity contribution in [1.29, 1.82) is 0 Å². The van der Waals surface area contributed by atoms with Crippen molar-refractivity contribution in [3.8, 4) is 5.75 Å². The van der Waals surface area contributed by atoms with E-state index >= 15 is 4.48 Å². The van der Waals surface area contributed by atoms with Crippen LogP contribution in [0.25, 0.3) is 10.8 Å². The Labute approximate surface area is 182 Å². The van der Waals surface area contributed by atoms with Gasteiger partial charge in [0.15, 0.2) is 25.2 Å². The fourth-order valence-corrected chi connectivity index (χ4v) is 5.49. The molecule has 156 valence electrons. The third kappa shape index (κ3) is 3.37. The van der Waals surface area contributed by atoms with E-state index in [9.17, 15) is 0 Å². The largest absolute Gasteiger partial charge is 0.478 e. The number of halogens is 2. The zero-order valence-electron chi connectivity index (χ0n) is 17.3. The molecule has 0 amide bonds. The highest BCUT2D eigenvalue weighted by atomic mass is 35.5. The molecule has 0 saturated carbocycles. The summed E-state index contributed by atoms with van der Waals surface area (Å²) in [4.78, 5) is 0. The number of rotatable bonds is 5. The molecule has 0 aromatic heterocycles. The van der Waals surface area contributed by atoms with Crippen LogP contribution in [0.5, 0.6) is 5.75 Å². The van der Waals surface area contributed by atoms with Crippen molar-refractivity contribution in [2.24, 2.45) is 0 Å². The quantitative estimate of drug-likeness (QED) is 0.230. The number of aryl methyl sites for hydroxylation is 1. The summed E-state index contributed by atoms with van der Waals surface area (Å²) in [5, 5.41) is 2.20. The highest BCUT2D eigenvalue weighted by Gasteiger charge is 2.60. The number of hydrogen-bond donors (Lipinski definition) is 0. The number of benzene rings is 3. The van der Waals surface area contributed by atoms with Gasteiger partial charge in [0.1, 0.15) is 25.4 Å². The Morgan fingerprint density at radius 2 is 1.77 bits per heavy atom. The van der Waals surface area contributed by atoms with Gasteiger partial charge in [-0.1, -0.05) is 71.8 Å². The fraction of sp³-hybridized carbons (Fsp3) is 0.360. The van der Waals surface area contributed by atoms with E-state index in [1.165, 1.54) is 5.56 Å². The van der Waals surface area contributed by atoms with E-state index in [0.29, 0.717) is 25.6 Å². The van der Waals surface area contributed by atoms with Crippen molar-refractivity contribution in [3.63, 3.8) is 0 Å². The van der Waals surface area contributed by atoms with Crippen molar-refractivity contribution >= 4 is 22.4 Å². The van der Waals surface area contributed by atoms with E-state index in [2.05, 4.69) is 43.3 Å². The first-order valence-electron chi connectivity index (χ1n) is 10.7. The molecule has 0 aliphatic carbocycles. The van der Waals surface area contributed by atoms with Gasteiger partial charge in [-0.15, -0.1) is 4.71 Å². The molecule has 3 saturated heterocycles. The third-order valence-electron chi connectivity index (χ3n) is 7.04. The Morgan fingerprint density at radius 1 is 1.00 bits per heavy atom. The Bertz CT molecular complexity index is 1050. The van der Waals surface area contributed by atoms with E-state index in [1.807, 2.05) is 30.3 Å². The molecule has 0 spiro atoms. The third-order valence-corrected chi connectivity index (χ3v) is 7.55. The molecule has 3 nitrogen and oxygen atoms in total. The van der Waals surface area contributed by atoms with Gasteiger partial charge in [0.05, 0.1) is 0 Å². The maximum Gasteiger partial charge on any atom is 0.215 e. The van der Waals surface area contributed by atoms with Gasteiger partial charge in [-0.3, -0.25) is 4.48 Å². The van der Waals surface area contributed by atoms with Crippen LogP contribution in [-0.2, 0) is 0 Å². The van der Waals surface area contributed by atoms with Crippen LogP contribution in [-0.4, -0.2) is 54.0 Å². The summed E-state index contributed by atoms with van der Waals surface area (Å²) >= 11 is 6.38. The molecule has 3 aliphatic heterocycles. The van der Waals surface area contributed by atoms with Crippen molar-refractivity contribution in [2.75, 3.05) is 38.7 Å². The van der Waals surface area contributed by atoms with E-state index in [1.54, 1.807) is 0 Å². The van der Waals surface area contributed by atoms with Crippen molar-refractivity contribution in [2.45, 2.75) is 19.1 Å². The summed E-state index contributed by atoms with van der Waals surface area (Å²) in [6.07, 6.45) is -0.372. The summed E-state index contributed by atoms with van der Waals surface area (Å²) in [7, 11) is 0. The fourth-order valence-electron chi connectivity index (χ4n) is 5.15. The average Bonchev–Trinajstić information content (AvgIpc) is 2.79. The molecule has 0 radical (unpaired) electrons. The second-order valence-corrected chi connectivity index (χ2v) is 9.20. The maximum atomic E-state index is 16.1. The molecule has 3 fully saturated rings. The van der Waals surface area contributed by atoms with Crippen LogP contribution in [0.3, 0.4) is 0 Å². The summed E-state index contributed by atoms with van der Waals surface area (Å²) in [6, 6.07) is 22.8. The van der Waals surface area contributed by atoms with Gasteiger partial charge in [-0.05, 0) is 34.5 Å². The lowest BCUT2D eigenvalue weighted by Gasteiger charge is -2.54. The molecule has 3 heterocycles. The number of hydrogen-bond acceptors (Lipinski definition) is 1. The van der Waals surface area contributed by atoms with E-state index < -0.39 is 4.71 Å². The molecule has 3 aromatic rings. The highest BCUT2D eigenvalue weighted by Crippen LogP contribution is 2.41. The molecule has 2 bridgehead atoms. The van der Waals surface area contributed by atoms with E-state index in [4.69, 9.17) is 16.3 Å². The first-order valence-corrected chi connectivity index (χ1v) is 11.2. The van der Waals surface area contributed by atoms with Gasteiger partial charge in [0.2, 0.25) is 6.04 Å². The Morgan fingerprint density at radius 3 is 2.50 bits per heavy atom. The van der Waals surface area contributed by atoms with Crippen LogP contribution in [0.15, 0.2) is 66.7 Å². The summed E-state index contributed by atoms with van der Waals surface area (Å²) in [6.45, 7) is 5.37. The second kappa shape index (κ2) is 7.52. The Hall–Kier alpha value is -2.14. The number of quaternary nitrogens is 2. The zero-order valence-corrected chi connectivity index (χ0v) is 18.1. The molecule has 5 heteroatoms. The molecular weight excluding hydrogens is 399 g/mol. The highest BCUT2D eigenvalue weighted by molar-refractivity contribution is 6.17. The van der Waals surface area contributed by atoms with Gasteiger partial charge in [0.25, 0.3) is 0 Å². The lowest BCUT2D eigenvalue weighted by Crippen LogP contribution is -2.77. The minimum atomic E-state index is -0.430. The van der Waals surface area contributed by atoms with Gasteiger partial charge in [0, 0.05) is 5.39 Å². The number of fused-ring (bicyclic) bond motifs is 4. The molecule has 30 heavy (non-hydrogen) atoms. The number of ether oxygens (including phenoxy) is 1. The van der Waals surface area contributed by atoms with Crippen LogP contribution in [0, 0.1) is 6.92 Å². The van der Waals surface area contributed by atoms with Gasteiger partial charge >= 0.3 is 0 Å². The van der Waals surface area contributed by atoms with Crippen molar-refractivity contribution in [1.82, 2.24) is 0 Å². The van der Waals surface area contributed by atoms with Crippen molar-refractivity contribution in [3.05, 3.63) is 77.9 Å². The second-order valence-electron chi connectivity index (χ2n) is 8.96. The van der Waals surface area contributed by atoms with Crippen LogP contribution in [0.2, 0.25) is 0 Å². The summed E-state index contributed by atoms with van der Waals surface area (Å²) < 4.78 is 23.2. The summed E-state index contributed by atoms with van der Waals surface area (Å²) in [5.41, 5.74) is 2.20. The SMILES string of the molecule is Cc1ccc2cccc(O[C@H](c3ccccc3)C3C[N+]4(CCl)CC[N+]3(F)CC4)c2c1. The minimum Gasteiger partial charge on any atom is -0.478 e. The number of alkyl halides is 1. The molecule has 0 N–H and O–H groups in total. The molecule has 3 aromatic carbocycles. The van der Waals surface area contributed by atoms with Crippen molar-refractivity contribution < 1.29 is 18.4 Å². The number of piperazine rings is 3. The normalized spacial score (nSPS) is 29.1. The van der Waals surface area contributed by atoms with Gasteiger partial charge in [-0.25, -0.2) is 0 Å². The number of nitrogens with zero attached hydrogens (tertiary/aromatic N) is 2. The lowest BCUT2D eigenvalue weighted by molar-refractivity contribution is -1.16. The average molecular weight is 427 g/mol. The standard InChI is InChI=1S/C25H28ClFN2O/c1-19-10-11-20-8-5-9-24(22(20)16-19)30-25(21-6-3-2-4-7-21)23-17-28(18-26)12-14-29(23,27)15-13-28/h2-11,16,23,25H,12-15,17-18H2,1H3/q+2/t23?,25-,28?,29?/m1/s1. The molecule has 1 unspecified atom stereocenters. The predicted octanol–water partition coefficient (Wildman–Crippen LogP) is 5.38. The smallest absolute Gasteiger partial charge is 0.215 e. The molecular formula is C25H28ClFN2O+2. The minimum absolute atomic E-state index is 0.284. The van der Waals surface area contributed by atoms with E-state index in [-0.39, 0.29) is 12.1 Å². The molecule has 2 atom stereocenters. The Kier molecular flexibility index (Phi) is 4.97. The van der Waals surface area contributed by atoms with Gasteiger partial charge < -0.3 is 4.74 Å².